The number of rotatable bonds is 2. The Bertz CT molecular complexity index is 383. The van der Waals surface area contributed by atoms with Crippen molar-refractivity contribution in [3.05, 3.63) is 30.2 Å². The largest absolute Gasteiger partial charge is 0.367 e. The normalized spacial score (nSPS) is 15.4. The highest BCUT2D eigenvalue weighted by molar-refractivity contribution is 5.37. The second-order valence-corrected chi connectivity index (χ2v) is 3.16. The highest BCUT2D eigenvalue weighted by Gasteiger charge is 2.10. The van der Waals surface area contributed by atoms with Crippen molar-refractivity contribution in [1.29, 1.82) is 5.26 Å². The van der Waals surface area contributed by atoms with Gasteiger partial charge in [-0.25, -0.2) is 9.97 Å². The summed E-state index contributed by atoms with van der Waals surface area (Å²) in [6.45, 7) is 0. The number of nitriles is 1. The van der Waals surface area contributed by atoms with Gasteiger partial charge in [0.15, 0.2) is 0 Å². The molecule has 1 N–H and O–H groups in total. The van der Waals surface area contributed by atoms with Crippen molar-refractivity contribution in [2.45, 2.75) is 18.9 Å². The maximum atomic E-state index is 8.61. The van der Waals surface area contributed by atoms with Crippen molar-refractivity contribution in [3.63, 3.8) is 0 Å². The molecule has 1 aliphatic rings. The number of nitrogens with one attached hydrogen (secondary N) is 1. The van der Waals surface area contributed by atoms with Crippen molar-refractivity contribution < 1.29 is 0 Å². The molecule has 14 heavy (non-hydrogen) atoms. The van der Waals surface area contributed by atoms with Crippen LogP contribution in [0, 0.1) is 11.3 Å². The van der Waals surface area contributed by atoms with Gasteiger partial charge in [0.1, 0.15) is 11.9 Å². The van der Waals surface area contributed by atoms with Crippen molar-refractivity contribution in [3.8, 4) is 6.07 Å². The molecule has 0 unspecified atom stereocenters. The van der Waals surface area contributed by atoms with Crippen LogP contribution in [0.2, 0.25) is 0 Å². The molecule has 0 aliphatic heterocycles. The molecule has 4 heteroatoms. The first-order valence-corrected chi connectivity index (χ1v) is 4.53. The second kappa shape index (κ2) is 3.88. The van der Waals surface area contributed by atoms with Crippen LogP contribution in [-0.4, -0.2) is 16.0 Å². The van der Waals surface area contributed by atoms with Crippen LogP contribution >= 0.6 is 0 Å². The first-order valence-electron chi connectivity index (χ1n) is 4.53. The lowest BCUT2D eigenvalue weighted by Crippen LogP contribution is -2.16. The third-order valence-corrected chi connectivity index (χ3v) is 2.12. The van der Waals surface area contributed by atoms with E-state index in [1.165, 1.54) is 0 Å². The smallest absolute Gasteiger partial charge is 0.234 e. The summed E-state index contributed by atoms with van der Waals surface area (Å²) < 4.78 is 0. The van der Waals surface area contributed by atoms with E-state index in [2.05, 4.69) is 27.4 Å². The molecule has 0 fully saturated rings. The molecule has 1 heterocycles. The van der Waals surface area contributed by atoms with E-state index in [1.54, 1.807) is 12.3 Å². The van der Waals surface area contributed by atoms with Gasteiger partial charge >= 0.3 is 0 Å². The summed E-state index contributed by atoms with van der Waals surface area (Å²) in [5.41, 5.74) is 0. The van der Waals surface area contributed by atoms with Crippen LogP contribution in [0.25, 0.3) is 0 Å². The van der Waals surface area contributed by atoms with Crippen LogP contribution in [0.15, 0.2) is 24.4 Å². The molecule has 1 aliphatic carbocycles. The molecule has 0 saturated carbocycles. The third-order valence-electron chi connectivity index (χ3n) is 2.12. The number of aromatic nitrogens is 2. The van der Waals surface area contributed by atoms with Gasteiger partial charge in [-0.05, 0) is 18.9 Å². The predicted molar refractivity (Wildman–Crippen MR) is 52.5 cm³/mol. The highest BCUT2D eigenvalue weighted by Crippen LogP contribution is 2.14. The molecular weight excluding hydrogens is 176 g/mol. The molecule has 1 aromatic rings. The van der Waals surface area contributed by atoms with E-state index in [0.29, 0.717) is 6.04 Å². The molecule has 0 atom stereocenters. The van der Waals surface area contributed by atoms with E-state index in [-0.39, 0.29) is 5.82 Å². The molecule has 0 amide bonds. The molecule has 0 aromatic carbocycles. The maximum Gasteiger partial charge on any atom is 0.234 e. The van der Waals surface area contributed by atoms with Crippen molar-refractivity contribution in [1.82, 2.24) is 9.97 Å². The van der Waals surface area contributed by atoms with E-state index in [4.69, 9.17) is 5.26 Å². The Morgan fingerprint density at radius 2 is 2.21 bits per heavy atom. The lowest BCUT2D eigenvalue weighted by molar-refractivity contribution is 0.779. The average molecular weight is 186 g/mol. The van der Waals surface area contributed by atoms with Crippen LogP contribution in [0.4, 0.5) is 5.82 Å². The summed E-state index contributed by atoms with van der Waals surface area (Å²) in [4.78, 5) is 7.85. The van der Waals surface area contributed by atoms with Crippen LogP contribution < -0.4 is 5.32 Å². The molecule has 0 radical (unpaired) electrons. The molecule has 0 spiro atoms. The zero-order chi connectivity index (χ0) is 9.80. The standard InChI is InChI=1S/C10H10N4/c11-7-10-12-6-5-9(14-10)13-8-3-1-2-4-8/h1-2,5-6,8H,3-4H2,(H,12,13,14). The molecule has 4 nitrogen and oxygen atoms in total. The zero-order valence-electron chi connectivity index (χ0n) is 7.64. The number of anilines is 1. The molecular formula is C10H10N4. The van der Waals surface area contributed by atoms with Gasteiger partial charge in [-0.3, -0.25) is 0 Å². The predicted octanol–water partition coefficient (Wildman–Crippen LogP) is 1.48. The van der Waals surface area contributed by atoms with Gasteiger partial charge in [0.25, 0.3) is 0 Å². The lowest BCUT2D eigenvalue weighted by atomic mass is 10.2. The zero-order valence-corrected chi connectivity index (χ0v) is 7.64. The fourth-order valence-corrected chi connectivity index (χ4v) is 1.44. The molecule has 0 saturated heterocycles. The minimum absolute atomic E-state index is 0.209. The quantitative estimate of drug-likeness (QED) is 0.710. The molecule has 1 aromatic heterocycles. The van der Waals surface area contributed by atoms with E-state index < -0.39 is 0 Å². The Hall–Kier alpha value is -1.89. The Morgan fingerprint density at radius 3 is 2.93 bits per heavy atom. The van der Waals surface area contributed by atoms with Gasteiger partial charge in [-0.2, -0.15) is 5.26 Å². The minimum atomic E-state index is 0.209. The Labute approximate surface area is 82.3 Å². The monoisotopic (exact) mass is 186 g/mol. The average Bonchev–Trinajstić information content (AvgIpc) is 2.71. The molecule has 2 rings (SSSR count). The Morgan fingerprint density at radius 1 is 1.43 bits per heavy atom. The summed E-state index contributed by atoms with van der Waals surface area (Å²) >= 11 is 0. The lowest BCUT2D eigenvalue weighted by Gasteiger charge is -2.11. The van der Waals surface area contributed by atoms with Gasteiger partial charge < -0.3 is 5.32 Å². The van der Waals surface area contributed by atoms with Gasteiger partial charge in [0, 0.05) is 12.2 Å². The van der Waals surface area contributed by atoms with Gasteiger partial charge in [0.2, 0.25) is 5.82 Å². The van der Waals surface area contributed by atoms with Crippen LogP contribution in [0.1, 0.15) is 18.7 Å². The van der Waals surface area contributed by atoms with Gasteiger partial charge in [-0.15, -0.1) is 0 Å². The van der Waals surface area contributed by atoms with Crippen molar-refractivity contribution in [2.75, 3.05) is 5.32 Å². The maximum absolute atomic E-state index is 8.61. The Kier molecular flexibility index (Phi) is 2.41. The fourth-order valence-electron chi connectivity index (χ4n) is 1.44. The van der Waals surface area contributed by atoms with Crippen molar-refractivity contribution in [2.24, 2.45) is 0 Å². The topological polar surface area (TPSA) is 61.6 Å². The summed E-state index contributed by atoms with van der Waals surface area (Å²) in [6.07, 6.45) is 7.92. The minimum Gasteiger partial charge on any atom is -0.367 e. The summed E-state index contributed by atoms with van der Waals surface area (Å²) in [5, 5.41) is 11.9. The fraction of sp³-hybridized carbons (Fsp3) is 0.300. The number of nitrogens with zero attached hydrogens (tertiary/aromatic N) is 3. The summed E-state index contributed by atoms with van der Waals surface area (Å²) in [6, 6.07) is 4.10. The molecule has 0 bridgehead atoms. The number of hydrogen-bond acceptors (Lipinski definition) is 4. The first kappa shape index (κ1) is 8.70. The van der Waals surface area contributed by atoms with Crippen LogP contribution in [0.3, 0.4) is 0 Å². The third kappa shape index (κ3) is 1.88. The van der Waals surface area contributed by atoms with E-state index in [9.17, 15) is 0 Å². The van der Waals surface area contributed by atoms with E-state index in [0.717, 1.165) is 18.7 Å². The summed E-state index contributed by atoms with van der Waals surface area (Å²) in [5.74, 6) is 0.936. The van der Waals surface area contributed by atoms with E-state index in [1.807, 2.05) is 6.07 Å². The van der Waals surface area contributed by atoms with Crippen LogP contribution in [-0.2, 0) is 0 Å². The Balaban J connectivity index is 2.06. The van der Waals surface area contributed by atoms with Crippen LogP contribution in [0.5, 0.6) is 0 Å². The highest BCUT2D eigenvalue weighted by atomic mass is 15.0. The molecule has 70 valence electrons. The van der Waals surface area contributed by atoms with Gasteiger partial charge in [-0.1, -0.05) is 12.2 Å². The van der Waals surface area contributed by atoms with Crippen molar-refractivity contribution >= 4 is 5.82 Å². The summed E-state index contributed by atoms with van der Waals surface area (Å²) in [7, 11) is 0. The second-order valence-electron chi connectivity index (χ2n) is 3.16. The van der Waals surface area contributed by atoms with E-state index >= 15 is 0 Å². The number of hydrogen-bond donors (Lipinski definition) is 1. The van der Waals surface area contributed by atoms with Gasteiger partial charge in [0.05, 0.1) is 0 Å². The first-order chi connectivity index (χ1) is 6.88. The SMILES string of the molecule is N#Cc1nccc(NC2CC=CC2)n1.